The normalized spacial score (nSPS) is 33.7. The zero-order chi connectivity index (χ0) is 12.4. The molecule has 0 radical (unpaired) electrons. The van der Waals surface area contributed by atoms with Gasteiger partial charge in [0.05, 0.1) is 12.0 Å². The highest BCUT2D eigenvalue weighted by atomic mass is 16.4. The molecule has 2 heterocycles. The molecule has 17 heavy (non-hydrogen) atoms. The maximum absolute atomic E-state index is 12.2. The van der Waals surface area contributed by atoms with E-state index in [0.29, 0.717) is 6.54 Å². The number of nitrogens with zero attached hydrogens (tertiary/aromatic N) is 1. The fourth-order valence-electron chi connectivity index (χ4n) is 2.59. The summed E-state index contributed by atoms with van der Waals surface area (Å²) in [6.45, 7) is 1.67. The van der Waals surface area contributed by atoms with Gasteiger partial charge in [-0.3, -0.25) is 4.79 Å². The third-order valence-electron chi connectivity index (χ3n) is 3.49. The van der Waals surface area contributed by atoms with Gasteiger partial charge in [0.15, 0.2) is 0 Å². The summed E-state index contributed by atoms with van der Waals surface area (Å²) in [6.07, 6.45) is 1.16. The summed E-state index contributed by atoms with van der Waals surface area (Å²) >= 11 is 0. The molecule has 0 spiro atoms. The minimum Gasteiger partial charge on any atom is -0.480 e. The van der Waals surface area contributed by atoms with E-state index in [9.17, 15) is 14.7 Å². The number of hydrogen-bond donors (Lipinski definition) is 3. The molecular weight excluding hydrogens is 224 g/mol. The van der Waals surface area contributed by atoms with Crippen molar-refractivity contribution in [3.63, 3.8) is 0 Å². The van der Waals surface area contributed by atoms with E-state index < -0.39 is 18.1 Å². The number of β-amino-alcohol motifs (C(OH)–C–C–N with tert-alkyl or cyclic N) is 1. The Morgan fingerprint density at radius 3 is 2.71 bits per heavy atom. The SMILES string of the molecule is O=C(O)[C@@H]1C[C@H](O)CN1C(=O)C1CCCNC1. The first-order valence-corrected chi connectivity index (χ1v) is 6.01. The minimum atomic E-state index is -1.03. The smallest absolute Gasteiger partial charge is 0.326 e. The van der Waals surface area contributed by atoms with Crippen molar-refractivity contribution < 1.29 is 19.8 Å². The van der Waals surface area contributed by atoms with Crippen LogP contribution in [0.5, 0.6) is 0 Å². The molecule has 2 aliphatic rings. The van der Waals surface area contributed by atoms with Crippen molar-refractivity contribution in [3.8, 4) is 0 Å². The van der Waals surface area contributed by atoms with Gasteiger partial charge in [-0.25, -0.2) is 4.79 Å². The number of carbonyl (C=O) groups is 2. The lowest BCUT2D eigenvalue weighted by Gasteiger charge is -2.29. The summed E-state index contributed by atoms with van der Waals surface area (Å²) < 4.78 is 0. The Kier molecular flexibility index (Phi) is 3.63. The molecule has 96 valence electrons. The number of rotatable bonds is 2. The van der Waals surface area contributed by atoms with Gasteiger partial charge < -0.3 is 20.4 Å². The first-order valence-electron chi connectivity index (χ1n) is 6.01. The number of carbonyl (C=O) groups excluding carboxylic acids is 1. The lowest BCUT2D eigenvalue weighted by molar-refractivity contribution is -0.150. The molecule has 0 aliphatic carbocycles. The van der Waals surface area contributed by atoms with Crippen molar-refractivity contribution >= 4 is 11.9 Å². The molecule has 0 aromatic carbocycles. The average molecular weight is 242 g/mol. The number of hydrogen-bond acceptors (Lipinski definition) is 4. The van der Waals surface area contributed by atoms with Crippen molar-refractivity contribution in [1.29, 1.82) is 0 Å². The predicted molar refractivity (Wildman–Crippen MR) is 59.4 cm³/mol. The van der Waals surface area contributed by atoms with Gasteiger partial charge in [0, 0.05) is 19.5 Å². The Morgan fingerprint density at radius 1 is 1.35 bits per heavy atom. The summed E-state index contributed by atoms with van der Waals surface area (Å²) in [6, 6.07) is -0.862. The molecule has 0 bridgehead atoms. The van der Waals surface area contributed by atoms with Crippen molar-refractivity contribution in [3.05, 3.63) is 0 Å². The van der Waals surface area contributed by atoms with E-state index in [-0.39, 0.29) is 24.8 Å². The zero-order valence-corrected chi connectivity index (χ0v) is 9.63. The van der Waals surface area contributed by atoms with E-state index in [0.717, 1.165) is 19.4 Å². The monoisotopic (exact) mass is 242 g/mol. The predicted octanol–water partition coefficient (Wildman–Crippen LogP) is -0.968. The average Bonchev–Trinajstić information content (AvgIpc) is 2.72. The van der Waals surface area contributed by atoms with Gasteiger partial charge in [0.2, 0.25) is 5.91 Å². The van der Waals surface area contributed by atoms with Crippen molar-refractivity contribution in [2.45, 2.75) is 31.4 Å². The Hall–Kier alpha value is -1.14. The van der Waals surface area contributed by atoms with Gasteiger partial charge in [0.25, 0.3) is 0 Å². The van der Waals surface area contributed by atoms with Crippen LogP contribution in [0.1, 0.15) is 19.3 Å². The Morgan fingerprint density at radius 2 is 2.12 bits per heavy atom. The molecule has 6 nitrogen and oxygen atoms in total. The van der Waals surface area contributed by atoms with E-state index >= 15 is 0 Å². The van der Waals surface area contributed by atoms with Crippen molar-refractivity contribution in [1.82, 2.24) is 10.2 Å². The summed E-state index contributed by atoms with van der Waals surface area (Å²) in [5.74, 6) is -1.31. The van der Waals surface area contributed by atoms with Crippen LogP contribution < -0.4 is 5.32 Å². The van der Waals surface area contributed by atoms with Crippen molar-refractivity contribution in [2.75, 3.05) is 19.6 Å². The Labute approximate surface area is 99.6 Å². The third-order valence-corrected chi connectivity index (χ3v) is 3.49. The van der Waals surface area contributed by atoms with E-state index in [1.165, 1.54) is 4.90 Å². The highest BCUT2D eigenvalue weighted by molar-refractivity contribution is 5.86. The number of carboxylic acid groups (broad SMARTS) is 1. The van der Waals surface area contributed by atoms with Crippen LogP contribution in [0.25, 0.3) is 0 Å². The standard InChI is InChI=1S/C11H18N2O4/c14-8-4-9(11(16)17)13(6-8)10(15)7-2-1-3-12-5-7/h7-9,12,14H,1-6H2,(H,16,17)/t7?,8-,9-/m0/s1. The van der Waals surface area contributed by atoms with Crippen LogP contribution in [-0.4, -0.2) is 58.8 Å². The first-order chi connectivity index (χ1) is 8.09. The van der Waals surface area contributed by atoms with E-state index in [1.54, 1.807) is 0 Å². The third kappa shape index (κ3) is 2.58. The van der Waals surface area contributed by atoms with Gasteiger partial charge >= 0.3 is 5.97 Å². The van der Waals surface area contributed by atoms with Gasteiger partial charge in [0.1, 0.15) is 6.04 Å². The van der Waals surface area contributed by atoms with Crippen molar-refractivity contribution in [2.24, 2.45) is 5.92 Å². The van der Waals surface area contributed by atoms with Crippen LogP contribution in [0, 0.1) is 5.92 Å². The van der Waals surface area contributed by atoms with Crippen LogP contribution in [0.15, 0.2) is 0 Å². The minimum absolute atomic E-state index is 0.138. The molecule has 0 saturated carbocycles. The molecule has 1 unspecified atom stereocenters. The second-order valence-corrected chi connectivity index (χ2v) is 4.78. The molecule has 3 N–H and O–H groups in total. The van der Waals surface area contributed by atoms with Crippen LogP contribution in [0.3, 0.4) is 0 Å². The maximum atomic E-state index is 12.2. The first kappa shape index (κ1) is 12.3. The fraction of sp³-hybridized carbons (Fsp3) is 0.818. The van der Waals surface area contributed by atoms with Gasteiger partial charge in [-0.05, 0) is 19.4 Å². The number of likely N-dealkylation sites (tertiary alicyclic amines) is 1. The van der Waals surface area contributed by atoms with E-state index in [4.69, 9.17) is 5.11 Å². The highest BCUT2D eigenvalue weighted by Gasteiger charge is 2.41. The Balaban J connectivity index is 2.04. The van der Waals surface area contributed by atoms with Gasteiger partial charge in [-0.2, -0.15) is 0 Å². The topological polar surface area (TPSA) is 89.9 Å². The molecule has 6 heteroatoms. The molecule has 1 amide bonds. The zero-order valence-electron chi connectivity index (χ0n) is 9.63. The number of aliphatic hydroxyl groups is 1. The summed E-state index contributed by atoms with van der Waals surface area (Å²) in [5, 5.41) is 21.7. The van der Waals surface area contributed by atoms with Crippen LogP contribution >= 0.6 is 0 Å². The largest absolute Gasteiger partial charge is 0.480 e. The number of amides is 1. The molecular formula is C11H18N2O4. The maximum Gasteiger partial charge on any atom is 0.326 e. The number of aliphatic hydroxyl groups excluding tert-OH is 1. The highest BCUT2D eigenvalue weighted by Crippen LogP contribution is 2.23. The van der Waals surface area contributed by atoms with Crippen LogP contribution in [0.2, 0.25) is 0 Å². The summed E-state index contributed by atoms with van der Waals surface area (Å²) in [7, 11) is 0. The molecule has 3 atom stereocenters. The molecule has 2 fully saturated rings. The quantitative estimate of drug-likeness (QED) is 0.580. The van der Waals surface area contributed by atoms with E-state index in [2.05, 4.69) is 5.32 Å². The fourth-order valence-corrected chi connectivity index (χ4v) is 2.59. The summed E-state index contributed by atoms with van der Waals surface area (Å²) in [5.41, 5.74) is 0. The number of piperidine rings is 1. The van der Waals surface area contributed by atoms with Gasteiger partial charge in [-0.1, -0.05) is 0 Å². The second-order valence-electron chi connectivity index (χ2n) is 4.78. The van der Waals surface area contributed by atoms with E-state index in [1.807, 2.05) is 0 Å². The number of carboxylic acids is 1. The molecule has 0 aromatic rings. The second kappa shape index (κ2) is 5.01. The number of nitrogens with one attached hydrogen (secondary N) is 1. The lowest BCUT2D eigenvalue weighted by Crippen LogP contribution is -2.47. The van der Waals surface area contributed by atoms with Crippen LogP contribution in [-0.2, 0) is 9.59 Å². The molecule has 2 rings (SSSR count). The molecule has 2 aliphatic heterocycles. The molecule has 2 saturated heterocycles. The van der Waals surface area contributed by atoms with Gasteiger partial charge in [-0.15, -0.1) is 0 Å². The lowest BCUT2D eigenvalue weighted by atomic mass is 9.98. The van der Waals surface area contributed by atoms with Crippen LogP contribution in [0.4, 0.5) is 0 Å². The summed E-state index contributed by atoms with van der Waals surface area (Å²) in [4.78, 5) is 24.5. The number of aliphatic carboxylic acids is 1. The Bertz CT molecular complexity index is 315. The molecule has 0 aromatic heterocycles.